The Morgan fingerprint density at radius 3 is 2.54 bits per heavy atom. The van der Waals surface area contributed by atoms with Crippen LogP contribution in [0.25, 0.3) is 0 Å². The van der Waals surface area contributed by atoms with E-state index >= 15 is 0 Å². The van der Waals surface area contributed by atoms with Gasteiger partial charge < -0.3 is 15.2 Å². The average Bonchev–Trinajstić information content (AvgIpc) is 2.66. The summed E-state index contributed by atoms with van der Waals surface area (Å²) in [6, 6.07) is 10.6. The summed E-state index contributed by atoms with van der Waals surface area (Å²) < 4.78 is 4.61. The molecule has 0 bridgehead atoms. The monoisotopic (exact) mass is 382 g/mol. The van der Waals surface area contributed by atoms with Gasteiger partial charge in [-0.15, -0.1) is 0 Å². The lowest BCUT2D eigenvalue weighted by atomic mass is 10.1. The van der Waals surface area contributed by atoms with E-state index in [-0.39, 0.29) is 17.9 Å². The van der Waals surface area contributed by atoms with Gasteiger partial charge in [0.25, 0.3) is 11.6 Å². The van der Waals surface area contributed by atoms with E-state index < -0.39 is 28.6 Å². The van der Waals surface area contributed by atoms with Crippen LogP contribution in [0.1, 0.15) is 34.5 Å². The Balaban J connectivity index is 2.24. The molecule has 144 valence electrons. The summed E-state index contributed by atoms with van der Waals surface area (Å²) in [4.78, 5) is 34.2. The van der Waals surface area contributed by atoms with Crippen LogP contribution in [-0.4, -0.2) is 28.5 Å². The largest absolute Gasteiger partial charge is 0.456 e. The molecule has 1 unspecified atom stereocenters. The molecule has 0 aliphatic carbocycles. The number of benzene rings is 2. The lowest BCUT2D eigenvalue weighted by Gasteiger charge is -2.09. The maximum absolute atomic E-state index is 12.3. The number of anilines is 1. The third kappa shape index (κ3) is 5.40. The van der Waals surface area contributed by atoms with Gasteiger partial charge in [-0.2, -0.15) is 0 Å². The molecule has 1 atom stereocenters. The number of aryl methyl sites for hydroxylation is 1. The van der Waals surface area contributed by atoms with Gasteiger partial charge in [-0.1, -0.05) is 23.6 Å². The first-order chi connectivity index (χ1) is 13.3. The van der Waals surface area contributed by atoms with E-state index in [1.54, 1.807) is 31.2 Å². The second-order valence-corrected chi connectivity index (χ2v) is 5.74. The molecule has 0 radical (unpaired) electrons. The van der Waals surface area contributed by atoms with Crippen LogP contribution in [0, 0.1) is 28.9 Å². The number of nitro benzene ring substituents is 1. The van der Waals surface area contributed by atoms with Crippen molar-refractivity contribution in [2.45, 2.75) is 20.0 Å². The Kier molecular flexibility index (Phi) is 6.84. The number of rotatable bonds is 5. The average molecular weight is 382 g/mol. The number of esters is 1. The van der Waals surface area contributed by atoms with Crippen LogP contribution in [0.5, 0.6) is 0 Å². The van der Waals surface area contributed by atoms with Crippen LogP contribution in [0.15, 0.2) is 42.5 Å². The Morgan fingerprint density at radius 2 is 1.93 bits per heavy atom. The van der Waals surface area contributed by atoms with Gasteiger partial charge >= 0.3 is 5.97 Å². The molecule has 2 N–H and O–H groups in total. The zero-order valence-corrected chi connectivity index (χ0v) is 15.3. The number of hydrogen-bond donors (Lipinski definition) is 2. The molecule has 28 heavy (non-hydrogen) atoms. The van der Waals surface area contributed by atoms with Crippen LogP contribution >= 0.6 is 0 Å². The van der Waals surface area contributed by atoms with Gasteiger partial charge in [-0.3, -0.25) is 14.9 Å². The van der Waals surface area contributed by atoms with Crippen LogP contribution in [0.2, 0.25) is 0 Å². The maximum atomic E-state index is 12.3. The lowest BCUT2D eigenvalue weighted by molar-refractivity contribution is -0.385. The molecule has 0 fully saturated rings. The summed E-state index contributed by atoms with van der Waals surface area (Å²) in [5.41, 5.74) is 1.04. The molecule has 8 nitrogen and oxygen atoms in total. The third-order valence-corrected chi connectivity index (χ3v) is 3.68. The molecule has 0 saturated carbocycles. The van der Waals surface area contributed by atoms with Crippen molar-refractivity contribution in [3.05, 3.63) is 69.3 Å². The van der Waals surface area contributed by atoms with Gasteiger partial charge in [0.15, 0.2) is 0 Å². The number of carbonyl (C=O) groups is 2. The van der Waals surface area contributed by atoms with Gasteiger partial charge in [-0.25, -0.2) is 4.79 Å². The highest BCUT2D eigenvalue weighted by Crippen LogP contribution is 2.28. The quantitative estimate of drug-likeness (QED) is 0.270. The van der Waals surface area contributed by atoms with E-state index in [4.69, 9.17) is 0 Å². The van der Waals surface area contributed by atoms with Crippen molar-refractivity contribution in [3.63, 3.8) is 0 Å². The van der Waals surface area contributed by atoms with E-state index in [2.05, 4.69) is 21.9 Å². The van der Waals surface area contributed by atoms with E-state index in [1.165, 1.54) is 12.1 Å². The smallest absolute Gasteiger partial charge is 0.384 e. The summed E-state index contributed by atoms with van der Waals surface area (Å²) in [7, 11) is 0. The molecule has 0 aliphatic rings. The Morgan fingerprint density at radius 1 is 1.25 bits per heavy atom. The molecule has 2 aromatic rings. The molecular weight excluding hydrogens is 364 g/mol. The van der Waals surface area contributed by atoms with Gasteiger partial charge in [-0.05, 0) is 38.1 Å². The van der Waals surface area contributed by atoms with Crippen molar-refractivity contribution in [3.8, 4) is 11.8 Å². The molecule has 0 aliphatic heterocycles. The highest BCUT2D eigenvalue weighted by molar-refractivity contribution is 6.04. The number of nitrogens with one attached hydrogen (secondary N) is 1. The van der Waals surface area contributed by atoms with Crippen molar-refractivity contribution in [2.75, 3.05) is 11.9 Å². The van der Waals surface area contributed by atoms with Crippen LogP contribution in [-0.2, 0) is 9.53 Å². The topological polar surface area (TPSA) is 119 Å². The van der Waals surface area contributed by atoms with E-state index in [0.717, 1.165) is 11.6 Å². The molecule has 0 aromatic heterocycles. The minimum absolute atomic E-state index is 0.102. The van der Waals surface area contributed by atoms with Gasteiger partial charge in [0.1, 0.15) is 6.10 Å². The molecule has 8 heteroatoms. The van der Waals surface area contributed by atoms with E-state index in [1.807, 2.05) is 6.92 Å². The van der Waals surface area contributed by atoms with Crippen LogP contribution < -0.4 is 5.32 Å². The van der Waals surface area contributed by atoms with Gasteiger partial charge in [0, 0.05) is 23.2 Å². The summed E-state index contributed by atoms with van der Waals surface area (Å²) in [6.45, 7) is 3.61. The van der Waals surface area contributed by atoms with Crippen molar-refractivity contribution < 1.29 is 24.4 Å². The molecule has 2 rings (SSSR count). The first-order valence-corrected chi connectivity index (χ1v) is 8.34. The maximum Gasteiger partial charge on any atom is 0.384 e. The molecule has 1 amide bonds. The van der Waals surface area contributed by atoms with Crippen LogP contribution in [0.4, 0.5) is 11.4 Å². The number of carbonyl (C=O) groups excluding carboxylic acids is 2. The number of nitro groups is 1. The molecular formula is C20H18N2O6. The molecule has 0 saturated heterocycles. The molecule has 0 spiro atoms. The van der Waals surface area contributed by atoms with Gasteiger partial charge in [0.05, 0.1) is 17.1 Å². The SMILES string of the molecule is CCOC(=O)C#CC(O)c1ccc(NC(=O)c2ccc(C)cc2)cc1[N+](=O)[O-]. The summed E-state index contributed by atoms with van der Waals surface area (Å²) in [5, 5.41) is 24.0. The number of aliphatic hydroxyl groups is 1. The number of amides is 1. The third-order valence-electron chi connectivity index (χ3n) is 3.68. The number of ether oxygens (including phenoxy) is 1. The fraction of sp³-hybridized carbons (Fsp3) is 0.200. The normalized spacial score (nSPS) is 11.0. The fourth-order valence-corrected chi connectivity index (χ4v) is 2.29. The summed E-state index contributed by atoms with van der Waals surface area (Å²) in [6.07, 6.45) is -1.56. The Labute approximate surface area is 161 Å². The minimum Gasteiger partial charge on any atom is -0.456 e. The summed E-state index contributed by atoms with van der Waals surface area (Å²) in [5.74, 6) is 3.01. The Hall–Kier alpha value is -3.70. The predicted molar refractivity (Wildman–Crippen MR) is 102 cm³/mol. The minimum atomic E-state index is -1.56. The predicted octanol–water partition coefficient (Wildman–Crippen LogP) is 2.76. The first kappa shape index (κ1) is 20.6. The first-order valence-electron chi connectivity index (χ1n) is 8.34. The second-order valence-electron chi connectivity index (χ2n) is 5.74. The number of aliphatic hydroxyl groups excluding tert-OH is 1. The van der Waals surface area contributed by atoms with E-state index in [0.29, 0.717) is 5.56 Å². The highest BCUT2D eigenvalue weighted by Gasteiger charge is 2.21. The van der Waals surface area contributed by atoms with E-state index in [9.17, 15) is 24.8 Å². The zero-order chi connectivity index (χ0) is 20.7. The number of nitrogens with zero attached hydrogens (tertiary/aromatic N) is 1. The second kappa shape index (κ2) is 9.30. The van der Waals surface area contributed by atoms with Gasteiger partial charge in [0.2, 0.25) is 0 Å². The summed E-state index contributed by atoms with van der Waals surface area (Å²) >= 11 is 0. The molecule has 2 aromatic carbocycles. The lowest BCUT2D eigenvalue weighted by Crippen LogP contribution is -2.12. The highest BCUT2D eigenvalue weighted by atomic mass is 16.6. The van der Waals surface area contributed by atoms with Crippen molar-refractivity contribution >= 4 is 23.3 Å². The van der Waals surface area contributed by atoms with Crippen molar-refractivity contribution in [2.24, 2.45) is 0 Å². The molecule has 0 heterocycles. The standard InChI is InChI=1S/C20H18N2O6/c1-3-28-19(24)11-10-18(23)16-9-8-15(12-17(16)22(26)27)21-20(25)14-6-4-13(2)5-7-14/h4-9,12,18,23H,3H2,1-2H3,(H,21,25). The van der Waals surface area contributed by atoms with Crippen LogP contribution in [0.3, 0.4) is 0 Å². The van der Waals surface area contributed by atoms with Crippen molar-refractivity contribution in [1.29, 1.82) is 0 Å². The zero-order valence-electron chi connectivity index (χ0n) is 15.3. The Bertz CT molecular complexity index is 957. The number of hydrogen-bond acceptors (Lipinski definition) is 6. The fourth-order valence-electron chi connectivity index (χ4n) is 2.29. The van der Waals surface area contributed by atoms with Crippen molar-refractivity contribution in [1.82, 2.24) is 0 Å².